The van der Waals surface area contributed by atoms with E-state index in [0.717, 1.165) is 11.1 Å². The van der Waals surface area contributed by atoms with Gasteiger partial charge in [-0.05, 0) is 31.9 Å². The molecule has 0 spiro atoms. The van der Waals surface area contributed by atoms with Crippen LogP contribution in [0.15, 0.2) is 33.6 Å². The first-order chi connectivity index (χ1) is 10.2. The maximum atomic E-state index is 12.3. The Kier molecular flexibility index (Phi) is 4.39. The molecule has 0 aliphatic rings. The van der Waals surface area contributed by atoms with E-state index in [1.807, 2.05) is 31.2 Å². The fourth-order valence-electron chi connectivity index (χ4n) is 2.34. The number of amides is 1. The maximum absolute atomic E-state index is 12.3. The van der Waals surface area contributed by atoms with Crippen molar-refractivity contribution in [1.29, 1.82) is 0 Å². The number of nitrogens with one attached hydrogen (secondary N) is 1. The van der Waals surface area contributed by atoms with E-state index in [-0.39, 0.29) is 22.0 Å². The van der Waals surface area contributed by atoms with Crippen molar-refractivity contribution < 1.29 is 17.6 Å². The zero-order valence-corrected chi connectivity index (χ0v) is 13.5. The van der Waals surface area contributed by atoms with Crippen LogP contribution in [0.2, 0.25) is 0 Å². The Labute approximate surface area is 129 Å². The Morgan fingerprint density at radius 1 is 1.18 bits per heavy atom. The largest absolute Gasteiger partial charge is 0.464 e. The first kappa shape index (κ1) is 16.3. The Morgan fingerprint density at radius 3 is 2.41 bits per heavy atom. The highest BCUT2D eigenvalue weighted by Gasteiger charge is 2.28. The highest BCUT2D eigenvalue weighted by Crippen LogP contribution is 2.25. The van der Waals surface area contributed by atoms with Crippen molar-refractivity contribution in [1.82, 2.24) is 5.32 Å². The van der Waals surface area contributed by atoms with Crippen LogP contribution in [0.3, 0.4) is 0 Å². The lowest BCUT2D eigenvalue weighted by atomic mass is 10.1. The second-order valence-electron chi connectivity index (χ2n) is 5.07. The quantitative estimate of drug-likeness (QED) is 0.895. The van der Waals surface area contributed by atoms with Gasteiger partial charge in [0.2, 0.25) is 10.0 Å². The third kappa shape index (κ3) is 3.20. The number of carbonyl (C=O) groups excluding carboxylic acids is 1. The van der Waals surface area contributed by atoms with Gasteiger partial charge in [0, 0.05) is 6.54 Å². The SMILES string of the molecule is Cc1ccccc1CNC(=O)c1c(C)oc(C)c1S(N)(=O)=O. The number of nitrogens with two attached hydrogens (primary N) is 1. The summed E-state index contributed by atoms with van der Waals surface area (Å²) in [5, 5.41) is 7.88. The number of benzene rings is 1. The molecule has 22 heavy (non-hydrogen) atoms. The van der Waals surface area contributed by atoms with Crippen LogP contribution in [-0.2, 0) is 16.6 Å². The summed E-state index contributed by atoms with van der Waals surface area (Å²) in [6.07, 6.45) is 0. The van der Waals surface area contributed by atoms with Gasteiger partial charge in [-0.15, -0.1) is 0 Å². The molecule has 2 rings (SSSR count). The fraction of sp³-hybridized carbons (Fsp3) is 0.267. The molecule has 6 nitrogen and oxygen atoms in total. The van der Waals surface area contributed by atoms with Crippen LogP contribution in [0, 0.1) is 20.8 Å². The van der Waals surface area contributed by atoms with Crippen molar-refractivity contribution in [2.75, 3.05) is 0 Å². The molecule has 1 aromatic heterocycles. The summed E-state index contributed by atoms with van der Waals surface area (Å²) in [4.78, 5) is 12.1. The minimum Gasteiger partial charge on any atom is -0.464 e. The summed E-state index contributed by atoms with van der Waals surface area (Å²) in [6, 6.07) is 7.61. The van der Waals surface area contributed by atoms with Gasteiger partial charge in [0.25, 0.3) is 5.91 Å². The first-order valence-electron chi connectivity index (χ1n) is 6.67. The van der Waals surface area contributed by atoms with Gasteiger partial charge in [0.05, 0.1) is 0 Å². The zero-order valence-electron chi connectivity index (χ0n) is 12.6. The molecular formula is C15H18N2O4S. The Morgan fingerprint density at radius 2 is 1.82 bits per heavy atom. The van der Waals surface area contributed by atoms with E-state index in [9.17, 15) is 13.2 Å². The number of sulfonamides is 1. The summed E-state index contributed by atoms with van der Waals surface area (Å²) < 4.78 is 28.6. The predicted molar refractivity (Wildman–Crippen MR) is 81.9 cm³/mol. The molecule has 0 atom stereocenters. The highest BCUT2D eigenvalue weighted by molar-refractivity contribution is 7.89. The Balaban J connectivity index is 2.30. The van der Waals surface area contributed by atoms with Crippen LogP contribution < -0.4 is 10.5 Å². The van der Waals surface area contributed by atoms with Crippen molar-refractivity contribution in [3.8, 4) is 0 Å². The molecule has 118 valence electrons. The Hall–Kier alpha value is -2.12. The van der Waals surface area contributed by atoms with E-state index >= 15 is 0 Å². The van der Waals surface area contributed by atoms with Gasteiger partial charge in [-0.25, -0.2) is 13.6 Å². The molecule has 3 N–H and O–H groups in total. The molecule has 0 aliphatic carbocycles. The lowest BCUT2D eigenvalue weighted by Crippen LogP contribution is -2.26. The van der Waals surface area contributed by atoms with Gasteiger partial charge >= 0.3 is 0 Å². The average Bonchev–Trinajstić information content (AvgIpc) is 2.72. The average molecular weight is 322 g/mol. The molecule has 0 fully saturated rings. The number of carbonyl (C=O) groups is 1. The van der Waals surface area contributed by atoms with Crippen LogP contribution >= 0.6 is 0 Å². The monoisotopic (exact) mass is 322 g/mol. The minimum atomic E-state index is -4.03. The number of rotatable bonds is 4. The van der Waals surface area contributed by atoms with E-state index in [4.69, 9.17) is 9.56 Å². The molecular weight excluding hydrogens is 304 g/mol. The topological polar surface area (TPSA) is 102 Å². The van der Waals surface area contributed by atoms with Gasteiger partial charge in [0.15, 0.2) is 0 Å². The molecule has 0 unspecified atom stereocenters. The first-order valence-corrected chi connectivity index (χ1v) is 8.22. The lowest BCUT2D eigenvalue weighted by molar-refractivity contribution is 0.0946. The van der Waals surface area contributed by atoms with E-state index < -0.39 is 15.9 Å². The second kappa shape index (κ2) is 5.94. The zero-order chi connectivity index (χ0) is 16.5. The number of aryl methyl sites for hydroxylation is 3. The third-order valence-corrected chi connectivity index (χ3v) is 4.48. The molecule has 1 aromatic carbocycles. The number of hydrogen-bond acceptors (Lipinski definition) is 4. The van der Waals surface area contributed by atoms with Crippen LogP contribution in [0.1, 0.15) is 33.0 Å². The molecule has 7 heteroatoms. The van der Waals surface area contributed by atoms with Crippen molar-refractivity contribution in [2.24, 2.45) is 5.14 Å². The smallest absolute Gasteiger partial charge is 0.256 e. The van der Waals surface area contributed by atoms with Gasteiger partial charge in [-0.1, -0.05) is 24.3 Å². The van der Waals surface area contributed by atoms with Gasteiger partial charge in [-0.2, -0.15) is 0 Å². The van der Waals surface area contributed by atoms with Gasteiger partial charge in [0.1, 0.15) is 22.0 Å². The van der Waals surface area contributed by atoms with Crippen LogP contribution in [-0.4, -0.2) is 14.3 Å². The van der Waals surface area contributed by atoms with Crippen molar-refractivity contribution in [2.45, 2.75) is 32.2 Å². The number of hydrogen-bond donors (Lipinski definition) is 2. The van der Waals surface area contributed by atoms with Gasteiger partial charge < -0.3 is 9.73 Å². The Bertz CT molecular complexity index is 822. The van der Waals surface area contributed by atoms with E-state index in [1.54, 1.807) is 0 Å². The molecule has 0 bridgehead atoms. The summed E-state index contributed by atoms with van der Waals surface area (Å²) in [7, 11) is -4.03. The summed E-state index contributed by atoms with van der Waals surface area (Å²) in [6.45, 7) is 5.22. The summed E-state index contributed by atoms with van der Waals surface area (Å²) in [5.41, 5.74) is 1.95. The van der Waals surface area contributed by atoms with Crippen LogP contribution in [0.25, 0.3) is 0 Å². The van der Waals surface area contributed by atoms with E-state index in [1.165, 1.54) is 13.8 Å². The fourth-order valence-corrected chi connectivity index (χ4v) is 3.30. The van der Waals surface area contributed by atoms with Crippen molar-refractivity contribution in [3.63, 3.8) is 0 Å². The summed E-state index contributed by atoms with van der Waals surface area (Å²) in [5.74, 6) is -0.188. The van der Waals surface area contributed by atoms with E-state index in [0.29, 0.717) is 6.54 Å². The number of primary sulfonamides is 1. The minimum absolute atomic E-state index is 0.0337. The molecule has 0 saturated heterocycles. The normalized spacial score (nSPS) is 11.5. The van der Waals surface area contributed by atoms with E-state index in [2.05, 4.69) is 5.32 Å². The predicted octanol–water partition coefficient (Wildman–Crippen LogP) is 1.78. The molecule has 1 heterocycles. The molecule has 1 amide bonds. The maximum Gasteiger partial charge on any atom is 0.256 e. The molecule has 0 saturated carbocycles. The number of furan rings is 1. The third-order valence-electron chi connectivity index (χ3n) is 3.42. The second-order valence-corrected chi connectivity index (χ2v) is 6.57. The standard InChI is InChI=1S/C15H18N2O4S/c1-9-6-4-5-7-12(9)8-17-15(18)13-10(2)21-11(3)14(13)22(16,19)20/h4-7H,8H2,1-3H3,(H,17,18)(H2,16,19,20). The van der Waals surface area contributed by atoms with Crippen LogP contribution in [0.5, 0.6) is 0 Å². The molecule has 0 aliphatic heterocycles. The van der Waals surface area contributed by atoms with Gasteiger partial charge in [-0.3, -0.25) is 4.79 Å². The molecule has 0 radical (unpaired) electrons. The lowest BCUT2D eigenvalue weighted by Gasteiger charge is -2.08. The van der Waals surface area contributed by atoms with Crippen molar-refractivity contribution in [3.05, 3.63) is 52.5 Å². The summed E-state index contributed by atoms with van der Waals surface area (Å²) >= 11 is 0. The van der Waals surface area contributed by atoms with Crippen molar-refractivity contribution >= 4 is 15.9 Å². The molecule has 2 aromatic rings. The highest BCUT2D eigenvalue weighted by atomic mass is 32.2. The van der Waals surface area contributed by atoms with Crippen LogP contribution in [0.4, 0.5) is 0 Å².